The zero-order chi connectivity index (χ0) is 44.0. The molecule has 0 unspecified atom stereocenters. The van der Waals surface area contributed by atoms with Crippen LogP contribution in [0.4, 0.5) is 17.1 Å². The minimum atomic E-state index is -0.416. The lowest BCUT2D eigenvalue weighted by Crippen LogP contribution is -2.28. The number of fused-ring (bicyclic) bond motifs is 9. The van der Waals surface area contributed by atoms with Gasteiger partial charge in [0.25, 0.3) is 0 Å². The van der Waals surface area contributed by atoms with Crippen LogP contribution in [-0.4, -0.2) is 0 Å². The van der Waals surface area contributed by atoms with Crippen molar-refractivity contribution in [3.63, 3.8) is 0 Å². The molecule has 1 heterocycles. The van der Waals surface area contributed by atoms with Crippen molar-refractivity contribution in [2.75, 3.05) is 4.90 Å². The van der Waals surface area contributed by atoms with Crippen molar-refractivity contribution in [1.82, 2.24) is 0 Å². The molecule has 0 spiro atoms. The van der Waals surface area contributed by atoms with Crippen LogP contribution < -0.4 is 4.90 Å². The predicted octanol–water partition coefficient (Wildman–Crippen LogP) is 17.5. The van der Waals surface area contributed by atoms with Gasteiger partial charge in [-0.05, 0) is 127 Å². The van der Waals surface area contributed by atoms with Gasteiger partial charge in [0, 0.05) is 42.5 Å². The van der Waals surface area contributed by atoms with Crippen LogP contribution in [0.15, 0.2) is 237 Å². The highest BCUT2D eigenvalue weighted by atomic mass is 32.1. The molecule has 2 aliphatic rings. The van der Waals surface area contributed by atoms with Crippen LogP contribution in [0.25, 0.3) is 64.7 Å². The van der Waals surface area contributed by atoms with Crippen LogP contribution >= 0.6 is 11.3 Å². The molecule has 0 radical (unpaired) electrons. The van der Waals surface area contributed by atoms with E-state index in [1.165, 1.54) is 104 Å². The standard InChI is InChI=1S/C64H45NS/c1-63(2)55-23-12-10-22-52(55)62-58(63)25-15-26-59(62)65(49-36-30-43(31-37-49)45-33-39-61-54(41-45)51-21-11-14-27-60(51)66-61)48-34-28-42(29-35-48)44-32-38-57-53(40-44)50-20-9-13-24-56(50)64(57,46-16-5-3-6-17-46)47-18-7-4-8-19-47/h3-41H,1-2H3. The van der Waals surface area contributed by atoms with Crippen molar-refractivity contribution >= 4 is 48.6 Å². The predicted molar refractivity (Wildman–Crippen MR) is 280 cm³/mol. The van der Waals surface area contributed by atoms with Gasteiger partial charge in [-0.2, -0.15) is 0 Å². The molecule has 2 heteroatoms. The summed E-state index contributed by atoms with van der Waals surface area (Å²) in [6, 6.07) is 88.1. The van der Waals surface area contributed by atoms with E-state index in [9.17, 15) is 0 Å². The van der Waals surface area contributed by atoms with Gasteiger partial charge in [0.15, 0.2) is 0 Å². The van der Waals surface area contributed by atoms with Gasteiger partial charge in [-0.1, -0.05) is 196 Å². The molecule has 10 aromatic carbocycles. The lowest BCUT2D eigenvalue weighted by Gasteiger charge is -2.33. The Kier molecular flexibility index (Phi) is 8.72. The lowest BCUT2D eigenvalue weighted by atomic mass is 9.67. The number of hydrogen-bond acceptors (Lipinski definition) is 2. The molecule has 11 aromatic rings. The Hall–Kier alpha value is -7.78. The average Bonchev–Trinajstić information content (AvgIpc) is 3.98. The largest absolute Gasteiger partial charge is 0.310 e. The van der Waals surface area contributed by atoms with Gasteiger partial charge in [-0.15, -0.1) is 11.3 Å². The topological polar surface area (TPSA) is 3.24 Å². The Labute approximate surface area is 390 Å². The summed E-state index contributed by atoms with van der Waals surface area (Å²) in [7, 11) is 0. The minimum absolute atomic E-state index is 0.114. The van der Waals surface area contributed by atoms with Crippen molar-refractivity contribution in [3.8, 4) is 44.5 Å². The average molecular weight is 860 g/mol. The molecule has 0 N–H and O–H groups in total. The number of benzene rings is 10. The molecule has 0 aliphatic heterocycles. The molecule has 0 bridgehead atoms. The summed E-state index contributed by atoms with van der Waals surface area (Å²) < 4.78 is 2.65. The van der Waals surface area contributed by atoms with E-state index in [0.717, 1.165) is 11.4 Å². The van der Waals surface area contributed by atoms with E-state index in [4.69, 9.17) is 0 Å². The third-order valence-electron chi connectivity index (χ3n) is 14.6. The first-order valence-corrected chi connectivity index (χ1v) is 23.8. The Morgan fingerprint density at radius 1 is 0.348 bits per heavy atom. The highest BCUT2D eigenvalue weighted by Crippen LogP contribution is 2.57. The van der Waals surface area contributed by atoms with E-state index in [2.05, 4.69) is 255 Å². The fraction of sp³-hybridized carbons (Fsp3) is 0.0625. The van der Waals surface area contributed by atoms with Crippen molar-refractivity contribution in [2.24, 2.45) is 0 Å². The van der Waals surface area contributed by atoms with E-state index in [1.807, 2.05) is 11.3 Å². The van der Waals surface area contributed by atoms with Gasteiger partial charge in [0.1, 0.15) is 0 Å². The van der Waals surface area contributed by atoms with Crippen LogP contribution in [0.5, 0.6) is 0 Å². The van der Waals surface area contributed by atoms with Gasteiger partial charge in [0.05, 0.1) is 11.1 Å². The molecule has 0 atom stereocenters. The Balaban J connectivity index is 0.931. The van der Waals surface area contributed by atoms with E-state index in [0.29, 0.717) is 0 Å². The first-order valence-electron chi connectivity index (χ1n) is 23.0. The summed E-state index contributed by atoms with van der Waals surface area (Å²) in [6.07, 6.45) is 0. The molecular weight excluding hydrogens is 815 g/mol. The molecule has 1 nitrogen and oxygen atoms in total. The monoisotopic (exact) mass is 859 g/mol. The molecule has 312 valence electrons. The second-order valence-electron chi connectivity index (χ2n) is 18.4. The lowest BCUT2D eigenvalue weighted by molar-refractivity contribution is 0.660. The second-order valence-corrected chi connectivity index (χ2v) is 19.5. The normalized spacial score (nSPS) is 13.8. The Morgan fingerprint density at radius 2 is 0.864 bits per heavy atom. The van der Waals surface area contributed by atoms with Crippen molar-refractivity contribution in [3.05, 3.63) is 270 Å². The number of rotatable bonds is 7. The highest BCUT2D eigenvalue weighted by molar-refractivity contribution is 7.25. The third kappa shape index (κ3) is 5.71. The molecular formula is C64H45NS. The van der Waals surface area contributed by atoms with Crippen molar-refractivity contribution in [2.45, 2.75) is 24.7 Å². The van der Waals surface area contributed by atoms with Crippen LogP contribution in [0.2, 0.25) is 0 Å². The summed E-state index contributed by atoms with van der Waals surface area (Å²) in [5.41, 5.74) is 20.8. The maximum absolute atomic E-state index is 2.47. The van der Waals surface area contributed by atoms with E-state index in [-0.39, 0.29) is 5.41 Å². The third-order valence-corrected chi connectivity index (χ3v) is 15.7. The highest BCUT2D eigenvalue weighted by Gasteiger charge is 2.46. The van der Waals surface area contributed by atoms with Gasteiger partial charge in [-0.3, -0.25) is 0 Å². The van der Waals surface area contributed by atoms with Gasteiger partial charge in [-0.25, -0.2) is 0 Å². The van der Waals surface area contributed by atoms with Gasteiger partial charge in [0.2, 0.25) is 0 Å². The molecule has 0 amide bonds. The molecule has 0 saturated carbocycles. The maximum Gasteiger partial charge on any atom is 0.0713 e. The van der Waals surface area contributed by atoms with Crippen LogP contribution in [0, 0.1) is 0 Å². The van der Waals surface area contributed by atoms with E-state index < -0.39 is 5.41 Å². The van der Waals surface area contributed by atoms with E-state index >= 15 is 0 Å². The number of hydrogen-bond donors (Lipinski definition) is 0. The minimum Gasteiger partial charge on any atom is -0.310 e. The molecule has 0 fully saturated rings. The zero-order valence-electron chi connectivity index (χ0n) is 36.9. The van der Waals surface area contributed by atoms with Crippen molar-refractivity contribution < 1.29 is 0 Å². The zero-order valence-corrected chi connectivity index (χ0v) is 37.7. The summed E-state index contributed by atoms with van der Waals surface area (Å²) in [4.78, 5) is 2.47. The molecule has 2 aliphatic carbocycles. The van der Waals surface area contributed by atoms with Crippen LogP contribution in [-0.2, 0) is 10.8 Å². The van der Waals surface area contributed by atoms with Crippen LogP contribution in [0.1, 0.15) is 47.2 Å². The summed E-state index contributed by atoms with van der Waals surface area (Å²) in [6.45, 7) is 4.73. The quantitative estimate of drug-likeness (QED) is 0.154. The van der Waals surface area contributed by atoms with Crippen molar-refractivity contribution in [1.29, 1.82) is 0 Å². The number of thiophene rings is 1. The molecule has 0 saturated heterocycles. The summed E-state index contributed by atoms with van der Waals surface area (Å²) in [5.74, 6) is 0. The molecule has 13 rings (SSSR count). The Bertz CT molecular complexity index is 3620. The second kappa shape index (κ2) is 14.9. The molecule has 66 heavy (non-hydrogen) atoms. The fourth-order valence-corrected chi connectivity index (χ4v) is 12.6. The fourth-order valence-electron chi connectivity index (χ4n) is 11.5. The first kappa shape index (κ1) is 38.7. The number of nitrogens with zero attached hydrogens (tertiary/aromatic N) is 1. The smallest absolute Gasteiger partial charge is 0.0713 e. The maximum atomic E-state index is 2.47. The number of anilines is 3. The SMILES string of the molecule is CC1(C)c2ccccc2-c2c(N(c3ccc(-c4ccc5c(c4)-c4ccccc4C5(c4ccccc4)c4ccccc4)cc3)c3ccc(-c4ccc5sc6ccccc6c5c4)cc3)cccc21. The van der Waals surface area contributed by atoms with E-state index in [1.54, 1.807) is 0 Å². The summed E-state index contributed by atoms with van der Waals surface area (Å²) in [5, 5.41) is 2.64. The first-order chi connectivity index (χ1) is 32.5. The van der Waals surface area contributed by atoms with Gasteiger partial charge < -0.3 is 4.90 Å². The molecule has 1 aromatic heterocycles. The Morgan fingerprint density at radius 3 is 1.56 bits per heavy atom. The van der Waals surface area contributed by atoms with Crippen LogP contribution in [0.3, 0.4) is 0 Å². The van der Waals surface area contributed by atoms with Gasteiger partial charge >= 0.3 is 0 Å². The summed E-state index contributed by atoms with van der Waals surface area (Å²) >= 11 is 1.87.